The Balaban J connectivity index is -0.000000737. The number of carbonyl (C=O) groups is 3. The van der Waals surface area contributed by atoms with Crippen LogP contribution in [-0.2, 0) is 49.2 Å². The maximum atomic E-state index is 13.6. The summed E-state index contributed by atoms with van der Waals surface area (Å²) in [6, 6.07) is 16.5. The Morgan fingerprint density at radius 1 is 0.473 bits per heavy atom. The summed E-state index contributed by atoms with van der Waals surface area (Å²) < 4.78 is 121. The molecule has 30 nitrogen and oxygen atoms in total. The number of hydrogen-bond acceptors (Lipinski definition) is 26. The van der Waals surface area contributed by atoms with Crippen LogP contribution >= 0.6 is 0 Å². The molecule has 10 N–H and O–H groups in total. The molecular formula is C74H110F3N11Na2O19S3. The molecule has 6 aromatic rings. The number of anilines is 3. The van der Waals surface area contributed by atoms with Crippen molar-refractivity contribution in [2.45, 2.75) is 156 Å². The summed E-state index contributed by atoms with van der Waals surface area (Å²) >= 11 is 0. The van der Waals surface area contributed by atoms with E-state index in [0.717, 1.165) is 31.7 Å². The monoisotopic (exact) mass is 1660 g/mol. The molecule has 6 rings (SSSR count). The van der Waals surface area contributed by atoms with E-state index in [0.29, 0.717) is 67.5 Å². The van der Waals surface area contributed by atoms with Crippen molar-refractivity contribution >= 4 is 84.1 Å². The third kappa shape index (κ3) is 38.6. The smallest absolute Gasteiger partial charge is 0.870 e. The van der Waals surface area contributed by atoms with E-state index in [-0.39, 0.29) is 147 Å². The zero-order valence-corrected chi connectivity index (χ0v) is 71.9. The number of rotatable bonds is 31. The number of aliphatic hydroxyl groups is 6. The van der Waals surface area contributed by atoms with Gasteiger partial charge >= 0.3 is 71.1 Å². The van der Waals surface area contributed by atoms with Gasteiger partial charge in [0.1, 0.15) is 17.5 Å². The first kappa shape index (κ1) is 112. The van der Waals surface area contributed by atoms with Crippen LogP contribution in [0.25, 0.3) is 52.0 Å². The molecule has 6 atom stereocenters. The Morgan fingerprint density at radius 3 is 0.911 bits per heavy atom. The number of nitrogens with one attached hydrogen (secondary N) is 2. The SMILES string of the molecule is C.C.CC(C)c1nc(N(C)S(C)(=O)=O)nc(-c2ccc(F)cc2)c1/C=C/[C@@H](O)C[C@@H](O)CC(=O)O.CC(C)c1nc(N(C)S(C)(=O)=O)nc(-c2ccc(F)cc2)c1/C=C/[C@@H](O)C[C@@H](O)CC(=O)[O-].CCOC(=O)C[C@H](O)C[C@H](O)/C=C/c1c(-c2ccc(F)cc2)nc(N(C)S(C)(=O)=O)nc1C(C)C.CNC.CNC.[Na+].[Na+].[OH-]. The van der Waals surface area contributed by atoms with Crippen LogP contribution < -0.4 is 87.8 Å². The van der Waals surface area contributed by atoms with Gasteiger partial charge in [-0.3, -0.25) is 9.59 Å². The minimum Gasteiger partial charge on any atom is -0.870 e. The van der Waals surface area contributed by atoms with E-state index >= 15 is 0 Å². The fraction of sp³-hybridized carbons (Fsp3) is 0.473. The van der Waals surface area contributed by atoms with E-state index in [1.54, 1.807) is 13.0 Å². The number of carboxylic acids is 2. The van der Waals surface area contributed by atoms with Crippen LogP contribution in [0.1, 0.15) is 153 Å². The zero-order chi connectivity index (χ0) is 81.6. The number of aromatic nitrogens is 6. The second-order valence-corrected chi connectivity index (χ2v) is 31.4. The number of nitrogens with zero attached hydrogens (tertiary/aromatic N) is 9. The van der Waals surface area contributed by atoms with Crippen molar-refractivity contribution in [1.82, 2.24) is 40.5 Å². The van der Waals surface area contributed by atoms with E-state index in [4.69, 9.17) is 9.84 Å². The first-order chi connectivity index (χ1) is 49.7. The second-order valence-electron chi connectivity index (χ2n) is 25.3. The van der Waals surface area contributed by atoms with E-state index in [1.807, 2.05) is 69.7 Å². The molecule has 3 aromatic carbocycles. The fourth-order valence-electron chi connectivity index (χ4n) is 9.34. The average molecular weight is 1660 g/mol. The predicted molar refractivity (Wildman–Crippen MR) is 420 cm³/mol. The standard InChI is InChI=1S/C24H32FN3O6S.2C22H28FN3O6S.2C2H7N.2CH4.2Na.H2O/c1-6-34-21(31)14-19(30)13-18(29)11-12-20-22(15(2)3)26-24(28(4)35(5,32)33)27-23(20)16-7-9-17(25)10-8-16;2*1-13(2)20-18(10-9-16(27)11-17(28)12-19(29)30)21(14-5-7-15(23)8-6-14)25-22(24-20)26(3)33(4,31)32;2*1-3-2;;;;;/h7-12,15,18-19,29-30H,6,13-14H2,1-5H3;2*5-10,13,16-17,27-28H,11-12H2,1-4H3,(H,29,30);2*3H,1-2H3;2*1H4;;;1H2/q;;;;;;;2*+1;/p-2/b12-11+;2*10-9+;;;;;;;/t18-,19-;2*16-,17-;;;;;;;/m111......./s1. The van der Waals surface area contributed by atoms with Crippen LogP contribution in [0.2, 0.25) is 0 Å². The molecule has 38 heteroatoms. The van der Waals surface area contributed by atoms with Gasteiger partial charge in [-0.2, -0.15) is 0 Å². The van der Waals surface area contributed by atoms with Gasteiger partial charge < -0.3 is 66.5 Å². The first-order valence-corrected chi connectivity index (χ1v) is 39.0. The molecule has 112 heavy (non-hydrogen) atoms. The summed E-state index contributed by atoms with van der Waals surface area (Å²) in [4.78, 5) is 59.4. The summed E-state index contributed by atoms with van der Waals surface area (Å²) in [6.07, 6.45) is 2.95. The Labute approximate surface area is 701 Å². The van der Waals surface area contributed by atoms with Gasteiger partial charge in [0.25, 0.3) is 0 Å². The fourth-order valence-corrected chi connectivity index (χ4v) is 10.5. The molecule has 0 aliphatic carbocycles. The number of hydrogen-bond donors (Lipinski definition) is 9. The number of aliphatic carboxylic acids is 2. The van der Waals surface area contributed by atoms with Crippen LogP contribution in [0.15, 0.2) is 91.0 Å². The summed E-state index contributed by atoms with van der Waals surface area (Å²) in [5, 5.41) is 85.3. The normalized spacial score (nSPS) is 12.8. The van der Waals surface area contributed by atoms with Gasteiger partial charge in [0.05, 0.1) is 109 Å². The second kappa shape index (κ2) is 53.4. The summed E-state index contributed by atoms with van der Waals surface area (Å²) in [5.41, 5.74) is 5.46. The molecule has 0 saturated carbocycles. The zero-order valence-electron chi connectivity index (χ0n) is 65.5. The third-order valence-electron chi connectivity index (χ3n) is 14.7. The molecule has 3 heterocycles. The number of sulfonamides is 3. The van der Waals surface area contributed by atoms with Gasteiger partial charge in [-0.05, 0) is 126 Å². The Bertz CT molecular complexity index is 4130. The molecular weight excluding hydrogens is 1550 g/mol. The summed E-state index contributed by atoms with van der Waals surface area (Å²) in [5.74, 6) is -5.21. The molecule has 0 spiro atoms. The van der Waals surface area contributed by atoms with Crippen molar-refractivity contribution in [2.24, 2.45) is 0 Å². The quantitative estimate of drug-likeness (QED) is 0.0217. The maximum absolute atomic E-state index is 13.6. The van der Waals surface area contributed by atoms with Crippen molar-refractivity contribution in [3.8, 4) is 33.8 Å². The van der Waals surface area contributed by atoms with Gasteiger partial charge in [0.15, 0.2) is 0 Å². The molecule has 0 amide bonds. The topological polar surface area (TPSA) is 469 Å². The van der Waals surface area contributed by atoms with Crippen molar-refractivity contribution in [2.75, 3.05) is 87.6 Å². The van der Waals surface area contributed by atoms with E-state index in [1.165, 1.54) is 124 Å². The van der Waals surface area contributed by atoms with Gasteiger partial charge in [-0.1, -0.05) is 92.9 Å². The van der Waals surface area contributed by atoms with Gasteiger partial charge in [-0.15, -0.1) is 0 Å². The maximum Gasteiger partial charge on any atom is 1.00 e. The number of esters is 1. The summed E-state index contributed by atoms with van der Waals surface area (Å²) in [7, 11) is 0.533. The van der Waals surface area contributed by atoms with Gasteiger partial charge in [0, 0.05) is 86.2 Å². The molecule has 0 fully saturated rings. The number of carbonyl (C=O) groups excluding carboxylic acids is 2. The number of benzene rings is 3. The van der Waals surface area contributed by atoms with Crippen LogP contribution in [0, 0.1) is 17.5 Å². The van der Waals surface area contributed by atoms with Crippen LogP contribution in [0.3, 0.4) is 0 Å². The molecule has 0 unspecified atom stereocenters. The minimum absolute atomic E-state index is 0. The van der Waals surface area contributed by atoms with Gasteiger partial charge in [-0.25, -0.2) is 81.2 Å². The van der Waals surface area contributed by atoms with Crippen LogP contribution in [-0.4, -0.2) is 226 Å². The predicted octanol–water partition coefficient (Wildman–Crippen LogP) is 1.12. The molecule has 0 saturated heterocycles. The Hall–Kier alpha value is -6.79. The largest absolute Gasteiger partial charge is 1.00 e. The van der Waals surface area contributed by atoms with E-state index in [9.17, 15) is 88.6 Å². The first-order valence-electron chi connectivity index (χ1n) is 33.5. The van der Waals surface area contributed by atoms with Crippen molar-refractivity contribution in [3.63, 3.8) is 0 Å². The molecule has 616 valence electrons. The molecule has 0 aliphatic rings. The number of carboxylic acid groups (broad SMARTS) is 2. The van der Waals surface area contributed by atoms with E-state index < -0.39 is 115 Å². The number of halogens is 3. The van der Waals surface area contributed by atoms with Crippen LogP contribution in [0.4, 0.5) is 31.0 Å². The van der Waals surface area contributed by atoms with Crippen molar-refractivity contribution in [1.29, 1.82) is 0 Å². The van der Waals surface area contributed by atoms with E-state index in [2.05, 4.69) is 40.5 Å². The van der Waals surface area contributed by atoms with Crippen molar-refractivity contribution < 1.29 is 163 Å². The molecule has 0 bridgehead atoms. The summed E-state index contributed by atoms with van der Waals surface area (Å²) in [6.45, 7) is 13.0. The Morgan fingerprint density at radius 2 is 0.705 bits per heavy atom. The minimum atomic E-state index is -3.66. The Kier molecular flexibility index (Phi) is 53.2. The molecule has 0 radical (unpaired) electrons. The third-order valence-corrected chi connectivity index (χ3v) is 18.2. The molecule has 3 aromatic heterocycles. The number of ether oxygens (including phenoxy) is 1. The van der Waals surface area contributed by atoms with Gasteiger partial charge in [0.2, 0.25) is 47.9 Å². The van der Waals surface area contributed by atoms with Crippen molar-refractivity contribution in [3.05, 3.63) is 142 Å². The average Bonchev–Trinajstić information content (AvgIpc) is 0.793. The molecule has 0 aliphatic heterocycles. The van der Waals surface area contributed by atoms with Crippen LogP contribution in [0.5, 0.6) is 0 Å². The number of aliphatic hydroxyl groups excluding tert-OH is 6.